The maximum Gasteiger partial charge on any atom is 0.234 e. The van der Waals surface area contributed by atoms with Gasteiger partial charge < -0.3 is 0 Å². The molecule has 0 aliphatic carbocycles. The van der Waals surface area contributed by atoms with Gasteiger partial charge in [0.1, 0.15) is 0 Å². The molecule has 0 bridgehead atoms. The minimum atomic E-state index is 1.24. The van der Waals surface area contributed by atoms with Crippen LogP contribution in [0, 0.1) is 0 Å². The summed E-state index contributed by atoms with van der Waals surface area (Å²) in [5.74, 6) is 1.27. The molecule has 1 heteroatoms. The number of allylic oxidation sites excluding steroid dienone is 1. The van der Waals surface area contributed by atoms with E-state index in [1.165, 1.54) is 18.6 Å². The summed E-state index contributed by atoms with van der Waals surface area (Å²) in [6.45, 7) is 0. The van der Waals surface area contributed by atoms with Crippen molar-refractivity contribution in [2.45, 2.75) is 12.8 Å². The fourth-order valence-electron chi connectivity index (χ4n) is 0.434. The highest BCUT2D eigenvalue weighted by atomic mass is 32.1. The molecule has 1 heterocycles. The summed E-state index contributed by atoms with van der Waals surface area (Å²) >= 11 is 1.79. The van der Waals surface area contributed by atoms with E-state index in [0.717, 1.165) is 0 Å². The van der Waals surface area contributed by atoms with E-state index < -0.39 is 0 Å². The maximum absolute atomic E-state index is 3.08. The van der Waals surface area contributed by atoms with Crippen molar-refractivity contribution in [2.24, 2.45) is 0 Å². The molecule has 0 aromatic heterocycles. The van der Waals surface area contributed by atoms with Gasteiger partial charge in [-0.15, -0.1) is 0 Å². The van der Waals surface area contributed by atoms with Crippen LogP contribution in [0.25, 0.3) is 0 Å². The fourth-order valence-corrected chi connectivity index (χ4v) is 1.10. The van der Waals surface area contributed by atoms with E-state index in [2.05, 4.69) is 11.1 Å². The van der Waals surface area contributed by atoms with Gasteiger partial charge >= 0.3 is 0 Å². The Bertz CT molecular complexity index is 80.1. The lowest BCUT2D eigenvalue weighted by Crippen LogP contribution is -1.85. The van der Waals surface area contributed by atoms with Gasteiger partial charge in [0, 0.05) is 12.5 Å². The monoisotopic (exact) mass is 99.0 g/mol. The first-order chi connectivity index (χ1) is 3.00. The molecule has 0 spiro atoms. The van der Waals surface area contributed by atoms with E-state index in [0.29, 0.717) is 0 Å². The van der Waals surface area contributed by atoms with E-state index in [1.807, 2.05) is 0 Å². The third-order valence-electron chi connectivity index (χ3n) is 0.762. The van der Waals surface area contributed by atoms with Gasteiger partial charge in [-0.1, -0.05) is 0 Å². The summed E-state index contributed by atoms with van der Waals surface area (Å²) < 4.78 is 0. The van der Waals surface area contributed by atoms with E-state index >= 15 is 0 Å². The van der Waals surface area contributed by atoms with Crippen molar-refractivity contribution in [1.82, 2.24) is 0 Å². The molecule has 0 N–H and O–H groups in total. The molecule has 1 rings (SSSR count). The quantitative estimate of drug-likeness (QED) is 0.311. The van der Waals surface area contributed by atoms with E-state index in [-0.39, 0.29) is 0 Å². The zero-order valence-corrected chi connectivity index (χ0v) is 4.42. The van der Waals surface area contributed by atoms with Crippen molar-refractivity contribution in [3.63, 3.8) is 0 Å². The van der Waals surface area contributed by atoms with Crippen molar-refractivity contribution in [2.75, 3.05) is 5.75 Å². The van der Waals surface area contributed by atoms with Crippen LogP contribution in [0.4, 0.5) is 0 Å². The Morgan fingerprint density at radius 1 is 1.67 bits per heavy atom. The van der Waals surface area contributed by atoms with Crippen LogP contribution in [-0.4, -0.2) is 10.8 Å². The Hall–Kier alpha value is -0.130. The first kappa shape index (κ1) is 4.04. The normalized spacial score (nSPS) is 18.7. The number of hydrogen-bond acceptors (Lipinski definition) is 0. The second-order valence-electron chi connectivity index (χ2n) is 1.31. The Balaban J connectivity index is 2.53. The molecule has 6 heavy (non-hydrogen) atoms. The summed E-state index contributed by atoms with van der Waals surface area (Å²) in [5.41, 5.74) is 0. The van der Waals surface area contributed by atoms with Crippen molar-refractivity contribution < 1.29 is 0 Å². The molecule has 0 unspecified atom stereocenters. The molecule has 1 aliphatic heterocycles. The summed E-state index contributed by atoms with van der Waals surface area (Å²) in [4.78, 5) is 0. The van der Waals surface area contributed by atoms with Crippen LogP contribution in [0.2, 0.25) is 0 Å². The van der Waals surface area contributed by atoms with Crippen LogP contribution >= 0.6 is 0 Å². The van der Waals surface area contributed by atoms with Crippen LogP contribution in [0.5, 0.6) is 0 Å². The molecule has 0 fully saturated rings. The van der Waals surface area contributed by atoms with Gasteiger partial charge in [-0.25, -0.2) is 0 Å². The first-order valence-corrected chi connectivity index (χ1v) is 3.18. The Kier molecular flexibility index (Phi) is 1.43. The van der Waals surface area contributed by atoms with Crippen LogP contribution < -0.4 is 0 Å². The molecule has 1 aliphatic rings. The molecule has 0 saturated heterocycles. The van der Waals surface area contributed by atoms with Crippen molar-refractivity contribution >= 4 is 16.4 Å². The predicted molar refractivity (Wildman–Crippen MR) is 31.0 cm³/mol. The first-order valence-electron chi connectivity index (χ1n) is 2.19. The van der Waals surface area contributed by atoms with E-state index in [9.17, 15) is 0 Å². The lowest BCUT2D eigenvalue weighted by Gasteiger charge is -1.77. The highest BCUT2D eigenvalue weighted by Crippen LogP contribution is 1.89. The molecule has 0 radical (unpaired) electrons. The largest absolute Gasteiger partial charge is 0.234 e. The third-order valence-corrected chi connectivity index (χ3v) is 1.59. The highest BCUT2D eigenvalue weighted by Gasteiger charge is 1.94. The standard InChI is InChI=1S/C5H7S/c1-2-4-6-5-3-1/h2H,1,3,5H2/q+1. The second kappa shape index (κ2) is 2.12. The van der Waals surface area contributed by atoms with Crippen molar-refractivity contribution in [3.8, 4) is 0 Å². The fraction of sp³-hybridized carbons (Fsp3) is 0.600. The molecule has 0 aromatic carbocycles. The van der Waals surface area contributed by atoms with Crippen molar-refractivity contribution in [1.29, 1.82) is 0 Å². The van der Waals surface area contributed by atoms with Gasteiger partial charge in [-0.3, -0.25) is 0 Å². The lowest BCUT2D eigenvalue weighted by molar-refractivity contribution is 0.977. The summed E-state index contributed by atoms with van der Waals surface area (Å²) in [6.07, 6.45) is 4.69. The molecule has 0 nitrogen and oxygen atoms in total. The minimum Gasteiger partial charge on any atom is -0.0175 e. The van der Waals surface area contributed by atoms with Gasteiger partial charge in [-0.2, -0.15) is 0 Å². The molecule has 0 amide bonds. The average molecular weight is 99.2 g/mol. The zero-order chi connectivity index (χ0) is 4.24. The van der Waals surface area contributed by atoms with Gasteiger partial charge in [0.15, 0.2) is 10.8 Å². The number of hydrogen-bond donors (Lipinski definition) is 0. The average Bonchev–Trinajstić information content (AvgIpc) is 1.72. The van der Waals surface area contributed by atoms with E-state index in [1.54, 1.807) is 11.4 Å². The molecular weight excluding hydrogens is 92.1 g/mol. The van der Waals surface area contributed by atoms with E-state index in [4.69, 9.17) is 0 Å². The minimum absolute atomic E-state index is 1.24. The smallest absolute Gasteiger partial charge is 0.0175 e. The highest BCUT2D eigenvalue weighted by molar-refractivity contribution is 7.76. The van der Waals surface area contributed by atoms with Crippen molar-refractivity contribution in [3.05, 3.63) is 6.08 Å². The zero-order valence-electron chi connectivity index (χ0n) is 3.61. The molecular formula is C5H7S+. The molecule has 32 valence electrons. The lowest BCUT2D eigenvalue weighted by atomic mass is 10.3. The van der Waals surface area contributed by atoms with Crippen LogP contribution in [-0.2, 0) is 11.4 Å². The van der Waals surface area contributed by atoms with Gasteiger partial charge in [0.05, 0.1) is 0 Å². The SMILES string of the molecule is C1=CCCC[S+]=1. The topological polar surface area (TPSA) is 0 Å². The Labute approximate surface area is 41.8 Å². The second-order valence-corrected chi connectivity index (χ2v) is 2.25. The molecule has 0 saturated carbocycles. The van der Waals surface area contributed by atoms with Crippen LogP contribution in [0.15, 0.2) is 6.08 Å². The van der Waals surface area contributed by atoms with Gasteiger partial charge in [0.2, 0.25) is 11.4 Å². The Morgan fingerprint density at radius 3 is 2.83 bits per heavy atom. The third kappa shape index (κ3) is 0.925. The predicted octanol–water partition coefficient (Wildman–Crippen LogP) is 0.820. The summed E-state index contributed by atoms with van der Waals surface area (Å²) in [7, 11) is 0. The van der Waals surface area contributed by atoms with Gasteiger partial charge in [-0.05, 0) is 6.42 Å². The van der Waals surface area contributed by atoms with Gasteiger partial charge in [0.25, 0.3) is 0 Å². The molecule has 0 atom stereocenters. The maximum atomic E-state index is 3.08. The summed E-state index contributed by atoms with van der Waals surface area (Å²) in [5, 5.41) is 3.08. The summed E-state index contributed by atoms with van der Waals surface area (Å²) in [6, 6.07) is 0. The van der Waals surface area contributed by atoms with Crippen LogP contribution in [0.1, 0.15) is 12.8 Å². The number of rotatable bonds is 0. The Morgan fingerprint density at radius 2 is 2.67 bits per heavy atom. The van der Waals surface area contributed by atoms with Crippen LogP contribution in [0.3, 0.4) is 0 Å². The molecule has 0 aromatic rings.